The molecular formula is C5H10NO5P-2. The SMILES string of the molecule is [NH3+]C(CCCP(=O)([O-])[O-])C(=O)[O-]. The maximum Gasteiger partial charge on any atom is 0.124 e. The minimum absolute atomic E-state index is 0.0203. The molecule has 0 aliphatic rings. The second kappa shape index (κ2) is 4.57. The molecule has 0 heterocycles. The highest BCUT2D eigenvalue weighted by Gasteiger charge is 2.06. The lowest BCUT2D eigenvalue weighted by molar-refractivity contribution is -0.438. The van der Waals surface area contributed by atoms with Crippen molar-refractivity contribution in [2.24, 2.45) is 0 Å². The molecule has 6 nitrogen and oxygen atoms in total. The van der Waals surface area contributed by atoms with E-state index in [0.717, 1.165) is 0 Å². The summed E-state index contributed by atoms with van der Waals surface area (Å²) in [5.74, 6) is -1.33. The van der Waals surface area contributed by atoms with E-state index in [0.29, 0.717) is 0 Å². The van der Waals surface area contributed by atoms with Crippen molar-refractivity contribution >= 4 is 13.6 Å². The number of hydrogen-bond donors (Lipinski definition) is 1. The topological polar surface area (TPSA) is 131 Å². The Labute approximate surface area is 69.5 Å². The van der Waals surface area contributed by atoms with Gasteiger partial charge in [-0.2, -0.15) is 0 Å². The summed E-state index contributed by atoms with van der Waals surface area (Å²) >= 11 is 0. The number of aliphatic carboxylic acids is 1. The molecule has 7 heteroatoms. The summed E-state index contributed by atoms with van der Waals surface area (Å²) < 4.78 is 10.1. The second-order valence-electron chi connectivity index (χ2n) is 2.49. The van der Waals surface area contributed by atoms with Crippen LogP contribution in [0.5, 0.6) is 0 Å². The highest BCUT2D eigenvalue weighted by atomic mass is 31.2. The highest BCUT2D eigenvalue weighted by Crippen LogP contribution is 2.24. The van der Waals surface area contributed by atoms with Gasteiger partial charge in [0.2, 0.25) is 0 Å². The van der Waals surface area contributed by atoms with E-state index in [4.69, 9.17) is 0 Å². The number of hydrogen-bond acceptors (Lipinski definition) is 5. The largest absolute Gasteiger partial charge is 0.811 e. The number of carboxylic acid groups (broad SMARTS) is 1. The molecule has 0 amide bonds. The lowest BCUT2D eigenvalue weighted by Gasteiger charge is -2.29. The van der Waals surface area contributed by atoms with Crippen LogP contribution in [0.4, 0.5) is 0 Å². The molecule has 72 valence electrons. The molecule has 3 N–H and O–H groups in total. The maximum absolute atomic E-state index is 10.1. The van der Waals surface area contributed by atoms with Crippen LogP contribution in [0.15, 0.2) is 0 Å². The van der Waals surface area contributed by atoms with Crippen molar-refractivity contribution in [2.75, 3.05) is 6.16 Å². The van der Waals surface area contributed by atoms with E-state index < -0.39 is 25.8 Å². The summed E-state index contributed by atoms with van der Waals surface area (Å²) in [5.41, 5.74) is 3.20. The Bertz CT molecular complexity index is 200. The average Bonchev–Trinajstić information content (AvgIpc) is 1.84. The molecule has 0 bridgehead atoms. The predicted octanol–water partition coefficient (Wildman–Crippen LogP) is -3.96. The van der Waals surface area contributed by atoms with E-state index in [1.165, 1.54) is 0 Å². The highest BCUT2D eigenvalue weighted by molar-refractivity contribution is 7.48. The quantitative estimate of drug-likeness (QED) is 0.447. The number of quaternary nitrogens is 1. The van der Waals surface area contributed by atoms with Gasteiger partial charge in [0.25, 0.3) is 0 Å². The predicted molar refractivity (Wildman–Crippen MR) is 33.4 cm³/mol. The Morgan fingerprint density at radius 3 is 2.33 bits per heavy atom. The Hall–Kier alpha value is -0.420. The monoisotopic (exact) mass is 195 g/mol. The maximum atomic E-state index is 10.1. The lowest BCUT2D eigenvalue weighted by Crippen LogP contribution is -2.68. The van der Waals surface area contributed by atoms with Crippen LogP contribution in [-0.2, 0) is 9.36 Å². The van der Waals surface area contributed by atoms with Crippen molar-refractivity contribution in [3.63, 3.8) is 0 Å². The molecule has 0 aliphatic heterocycles. The second-order valence-corrected chi connectivity index (χ2v) is 4.16. The molecule has 0 saturated carbocycles. The fraction of sp³-hybridized carbons (Fsp3) is 0.800. The zero-order valence-electron chi connectivity index (χ0n) is 6.39. The van der Waals surface area contributed by atoms with Crippen LogP contribution in [0.25, 0.3) is 0 Å². The first-order chi connectivity index (χ1) is 5.33. The molecule has 1 unspecified atom stereocenters. The molecule has 0 saturated heterocycles. The van der Waals surface area contributed by atoms with Crippen molar-refractivity contribution in [3.8, 4) is 0 Å². The first kappa shape index (κ1) is 11.6. The fourth-order valence-corrected chi connectivity index (χ4v) is 1.22. The summed E-state index contributed by atoms with van der Waals surface area (Å²) in [5, 5.41) is 10.1. The zero-order valence-corrected chi connectivity index (χ0v) is 7.29. The minimum Gasteiger partial charge on any atom is -0.811 e. The number of carbonyl (C=O) groups is 1. The van der Waals surface area contributed by atoms with Gasteiger partial charge in [-0.1, -0.05) is 7.60 Å². The van der Waals surface area contributed by atoms with E-state index in [9.17, 15) is 24.3 Å². The van der Waals surface area contributed by atoms with Crippen molar-refractivity contribution in [1.29, 1.82) is 0 Å². The van der Waals surface area contributed by atoms with E-state index in [2.05, 4.69) is 5.73 Å². The molecule has 1 atom stereocenters. The summed E-state index contributed by atoms with van der Waals surface area (Å²) in [4.78, 5) is 30.2. The van der Waals surface area contributed by atoms with Crippen LogP contribution in [-0.4, -0.2) is 18.2 Å². The molecule has 0 aromatic carbocycles. The van der Waals surface area contributed by atoms with Crippen molar-refractivity contribution in [3.05, 3.63) is 0 Å². The van der Waals surface area contributed by atoms with Gasteiger partial charge in [0, 0.05) is 6.42 Å². The Morgan fingerprint density at radius 1 is 1.50 bits per heavy atom. The van der Waals surface area contributed by atoms with Gasteiger partial charge < -0.3 is 30.0 Å². The third kappa shape index (κ3) is 6.30. The van der Waals surface area contributed by atoms with Crippen LogP contribution >= 0.6 is 7.60 Å². The molecular weight excluding hydrogens is 185 g/mol. The normalized spacial score (nSPS) is 14.2. The van der Waals surface area contributed by atoms with Gasteiger partial charge in [0.1, 0.15) is 6.04 Å². The van der Waals surface area contributed by atoms with Crippen LogP contribution < -0.4 is 20.6 Å². The Morgan fingerprint density at radius 2 is 2.00 bits per heavy atom. The standard InChI is InChI=1S/C5H12NO5P/c6-4(5(7)8)2-1-3-12(9,10)11/h4H,1-3,6H2,(H,7,8)(H2,9,10,11)/p-2. The van der Waals surface area contributed by atoms with E-state index in [1.54, 1.807) is 0 Å². The van der Waals surface area contributed by atoms with Crippen molar-refractivity contribution in [1.82, 2.24) is 0 Å². The fourth-order valence-electron chi connectivity index (χ4n) is 0.649. The van der Waals surface area contributed by atoms with Crippen LogP contribution in [0.1, 0.15) is 12.8 Å². The molecule has 0 fully saturated rings. The van der Waals surface area contributed by atoms with Gasteiger partial charge in [0.15, 0.2) is 0 Å². The average molecular weight is 195 g/mol. The first-order valence-electron chi connectivity index (χ1n) is 3.38. The molecule has 0 aliphatic carbocycles. The Kier molecular flexibility index (Phi) is 4.41. The van der Waals surface area contributed by atoms with Crippen molar-refractivity contribution < 1.29 is 30.0 Å². The smallest absolute Gasteiger partial charge is 0.124 e. The Balaban J connectivity index is 3.58. The molecule has 0 spiro atoms. The number of rotatable bonds is 5. The third-order valence-corrected chi connectivity index (χ3v) is 2.18. The summed E-state index contributed by atoms with van der Waals surface area (Å²) in [6.45, 7) is 0. The van der Waals surface area contributed by atoms with Gasteiger partial charge in [-0.3, -0.25) is 0 Å². The first-order valence-corrected chi connectivity index (χ1v) is 5.11. The van der Waals surface area contributed by atoms with Gasteiger partial charge in [-0.05, 0) is 12.6 Å². The third-order valence-electron chi connectivity index (χ3n) is 1.32. The summed E-state index contributed by atoms with van der Waals surface area (Å²) in [6.07, 6.45) is -0.449. The summed E-state index contributed by atoms with van der Waals surface area (Å²) in [7, 11) is -4.49. The molecule has 0 rings (SSSR count). The molecule has 12 heavy (non-hydrogen) atoms. The van der Waals surface area contributed by atoms with Crippen LogP contribution in [0.2, 0.25) is 0 Å². The lowest BCUT2D eigenvalue weighted by atomic mass is 10.2. The number of carboxylic acids is 1. The van der Waals surface area contributed by atoms with Crippen molar-refractivity contribution in [2.45, 2.75) is 18.9 Å². The number of carbonyl (C=O) groups excluding carboxylic acids is 1. The molecule has 0 aromatic heterocycles. The zero-order chi connectivity index (χ0) is 9.78. The van der Waals surface area contributed by atoms with Gasteiger partial charge in [0.05, 0.1) is 5.97 Å². The van der Waals surface area contributed by atoms with Gasteiger partial charge in [-0.25, -0.2) is 0 Å². The van der Waals surface area contributed by atoms with E-state index in [1.807, 2.05) is 0 Å². The molecule has 0 aromatic rings. The minimum atomic E-state index is -4.49. The molecule has 0 radical (unpaired) electrons. The van der Waals surface area contributed by atoms with Crippen LogP contribution in [0, 0.1) is 0 Å². The van der Waals surface area contributed by atoms with E-state index in [-0.39, 0.29) is 12.8 Å². The van der Waals surface area contributed by atoms with Gasteiger partial charge >= 0.3 is 0 Å². The van der Waals surface area contributed by atoms with Gasteiger partial charge in [-0.15, -0.1) is 0 Å². The summed E-state index contributed by atoms with van der Waals surface area (Å²) in [6, 6.07) is -0.948. The van der Waals surface area contributed by atoms with Crippen LogP contribution in [0.3, 0.4) is 0 Å². The van der Waals surface area contributed by atoms with E-state index >= 15 is 0 Å².